The van der Waals surface area contributed by atoms with E-state index in [-0.39, 0.29) is 18.4 Å². The van der Waals surface area contributed by atoms with Crippen LogP contribution in [0.5, 0.6) is 0 Å². The third-order valence-electron chi connectivity index (χ3n) is 7.20. The van der Waals surface area contributed by atoms with Gasteiger partial charge in [-0.15, -0.1) is 0 Å². The highest BCUT2D eigenvalue weighted by atomic mass is 79.9. The van der Waals surface area contributed by atoms with E-state index >= 15 is 0 Å². The Morgan fingerprint density at radius 2 is 1.54 bits per heavy atom. The lowest BCUT2D eigenvalue weighted by molar-refractivity contribution is 0.0297. The first kappa shape index (κ1) is 27.1. The molecule has 0 fully saturated rings. The van der Waals surface area contributed by atoms with Crippen molar-refractivity contribution in [3.05, 3.63) is 104 Å². The molecule has 2 atom stereocenters. The fourth-order valence-corrected chi connectivity index (χ4v) is 5.90. The van der Waals surface area contributed by atoms with Gasteiger partial charge in [0.25, 0.3) is 5.91 Å². The van der Waals surface area contributed by atoms with Crippen LogP contribution >= 0.6 is 31.9 Å². The van der Waals surface area contributed by atoms with Gasteiger partial charge in [0, 0.05) is 44.1 Å². The minimum Gasteiger partial charge on any atom is -0.462 e. The molecule has 0 unspecified atom stereocenters. The van der Waals surface area contributed by atoms with Crippen LogP contribution in [0, 0.1) is 5.92 Å². The van der Waals surface area contributed by atoms with Crippen molar-refractivity contribution >= 4 is 60.7 Å². The average molecular weight is 654 g/mol. The summed E-state index contributed by atoms with van der Waals surface area (Å²) in [7, 11) is 3.12. The molecule has 0 saturated heterocycles. The zero-order valence-corrected chi connectivity index (χ0v) is 24.6. The lowest BCUT2D eigenvalue weighted by atomic mass is 9.81. The lowest BCUT2D eigenvalue weighted by Crippen LogP contribution is -2.40. The number of para-hydroxylation sites is 1. The van der Waals surface area contributed by atoms with Crippen molar-refractivity contribution in [3.8, 4) is 0 Å². The van der Waals surface area contributed by atoms with Crippen LogP contribution in [-0.2, 0) is 15.9 Å². The van der Waals surface area contributed by atoms with Crippen LogP contribution in [0.3, 0.4) is 0 Å². The van der Waals surface area contributed by atoms with Gasteiger partial charge in [0.1, 0.15) is 0 Å². The summed E-state index contributed by atoms with van der Waals surface area (Å²) in [6, 6.07) is 21.4. The second kappa shape index (κ2) is 11.4. The molecule has 1 amide bonds. The Morgan fingerprint density at radius 1 is 0.923 bits per heavy atom. The number of carbonyl (C=O) groups excluding carboxylic acids is 3. The number of benzene rings is 3. The van der Waals surface area contributed by atoms with E-state index in [1.807, 2.05) is 36.4 Å². The van der Waals surface area contributed by atoms with Crippen molar-refractivity contribution in [1.82, 2.24) is 9.47 Å². The number of nitrogens with zero attached hydrogens (tertiary/aromatic N) is 2. The number of halogens is 2. The maximum atomic E-state index is 13.7. The third kappa shape index (κ3) is 5.25. The highest BCUT2D eigenvalue weighted by Crippen LogP contribution is 2.44. The van der Waals surface area contributed by atoms with Crippen LogP contribution in [0.2, 0.25) is 0 Å². The molecule has 0 spiro atoms. The number of carbonyl (C=O) groups is 3. The van der Waals surface area contributed by atoms with Crippen molar-refractivity contribution in [2.24, 2.45) is 5.92 Å². The van der Waals surface area contributed by atoms with Crippen LogP contribution in [0.15, 0.2) is 81.7 Å². The Morgan fingerprint density at radius 3 is 2.18 bits per heavy atom. The molecule has 7 nitrogen and oxygen atoms in total. The summed E-state index contributed by atoms with van der Waals surface area (Å²) in [6.07, 6.45) is 0.695. The standard InChI is InChI=1S/C30H26Br2N2O5/c1-33(28(35)18-7-12-21(31)13-8-18)27-20(17-39-29(36)19-9-14-22(32)15-10-19)11-16-25-26(27)23-5-3-4-6-24(23)34(25)30(37)38-2/h3-10,12-15,20,27H,11,16-17H2,1-2H3/t20-,27+/m0/s1. The molecular formula is C30H26Br2N2O5. The first-order valence-electron chi connectivity index (χ1n) is 12.5. The monoisotopic (exact) mass is 652 g/mol. The van der Waals surface area contributed by atoms with Crippen LogP contribution < -0.4 is 0 Å². The maximum absolute atomic E-state index is 13.7. The Balaban J connectivity index is 1.56. The summed E-state index contributed by atoms with van der Waals surface area (Å²) in [5.41, 5.74) is 3.39. The smallest absolute Gasteiger partial charge is 0.418 e. The topological polar surface area (TPSA) is 77.8 Å². The Hall–Kier alpha value is -3.43. The number of fused-ring (bicyclic) bond motifs is 3. The number of methoxy groups -OCH3 is 1. The molecule has 0 bridgehead atoms. The lowest BCUT2D eigenvalue weighted by Gasteiger charge is -2.38. The van der Waals surface area contributed by atoms with Gasteiger partial charge >= 0.3 is 12.1 Å². The second-order valence-electron chi connectivity index (χ2n) is 9.45. The molecule has 0 N–H and O–H groups in total. The second-order valence-corrected chi connectivity index (χ2v) is 11.3. The summed E-state index contributed by atoms with van der Waals surface area (Å²) < 4.78 is 14.3. The number of hydrogen-bond acceptors (Lipinski definition) is 5. The average Bonchev–Trinajstić information content (AvgIpc) is 3.29. The van der Waals surface area contributed by atoms with E-state index in [0.717, 1.165) is 31.1 Å². The van der Waals surface area contributed by atoms with Crippen LogP contribution in [0.4, 0.5) is 4.79 Å². The molecule has 4 aromatic rings. The van der Waals surface area contributed by atoms with Gasteiger partial charge in [-0.25, -0.2) is 14.2 Å². The highest BCUT2D eigenvalue weighted by Gasteiger charge is 2.40. The highest BCUT2D eigenvalue weighted by molar-refractivity contribution is 9.10. The van der Waals surface area contributed by atoms with E-state index in [9.17, 15) is 14.4 Å². The molecule has 1 aliphatic rings. The Kier molecular flexibility index (Phi) is 7.91. The molecule has 3 aromatic carbocycles. The number of amides is 1. The summed E-state index contributed by atoms with van der Waals surface area (Å²) in [5, 5.41) is 0.863. The molecule has 1 heterocycles. The van der Waals surface area contributed by atoms with Gasteiger partial charge in [-0.2, -0.15) is 0 Å². The zero-order chi connectivity index (χ0) is 27.7. The normalized spacial score (nSPS) is 16.4. The van der Waals surface area contributed by atoms with Crippen molar-refractivity contribution < 1.29 is 23.9 Å². The maximum Gasteiger partial charge on any atom is 0.418 e. The minimum absolute atomic E-state index is 0.120. The van der Waals surface area contributed by atoms with Gasteiger partial charge in [-0.1, -0.05) is 50.1 Å². The summed E-state index contributed by atoms with van der Waals surface area (Å²) >= 11 is 6.81. The van der Waals surface area contributed by atoms with Crippen molar-refractivity contribution in [1.29, 1.82) is 0 Å². The summed E-state index contributed by atoms with van der Waals surface area (Å²) in [6.45, 7) is 0.120. The predicted molar refractivity (Wildman–Crippen MR) is 155 cm³/mol. The van der Waals surface area contributed by atoms with Crippen molar-refractivity contribution in [2.45, 2.75) is 18.9 Å². The van der Waals surface area contributed by atoms with Gasteiger partial charge in [-0.3, -0.25) is 4.79 Å². The van der Waals surface area contributed by atoms with Crippen molar-refractivity contribution in [2.75, 3.05) is 20.8 Å². The third-order valence-corrected chi connectivity index (χ3v) is 8.26. The molecule has 1 aliphatic carbocycles. The largest absolute Gasteiger partial charge is 0.462 e. The summed E-state index contributed by atoms with van der Waals surface area (Å²) in [5.74, 6) is -0.788. The molecule has 9 heteroatoms. The van der Waals surface area contributed by atoms with Crippen LogP contribution in [0.1, 0.15) is 44.4 Å². The van der Waals surface area contributed by atoms with E-state index in [0.29, 0.717) is 24.0 Å². The number of aromatic nitrogens is 1. The summed E-state index contributed by atoms with van der Waals surface area (Å²) in [4.78, 5) is 41.2. The van der Waals surface area contributed by atoms with Gasteiger partial charge in [0.05, 0.1) is 30.8 Å². The van der Waals surface area contributed by atoms with E-state index < -0.39 is 18.1 Å². The Bertz CT molecular complexity index is 1550. The molecule has 0 saturated carbocycles. The number of rotatable bonds is 5. The van der Waals surface area contributed by atoms with Gasteiger partial charge < -0.3 is 14.4 Å². The first-order valence-corrected chi connectivity index (χ1v) is 14.0. The molecule has 39 heavy (non-hydrogen) atoms. The Labute approximate surface area is 242 Å². The quantitative estimate of drug-likeness (QED) is 0.217. The SMILES string of the molecule is COC(=O)n1c2c(c3ccccc31)[C@H](N(C)C(=O)c1ccc(Br)cc1)[C@H](COC(=O)c1ccc(Br)cc1)CC2. The predicted octanol–water partition coefficient (Wildman–Crippen LogP) is 7.01. The zero-order valence-electron chi connectivity index (χ0n) is 21.4. The van der Waals surface area contributed by atoms with Gasteiger partial charge in [0.15, 0.2) is 0 Å². The van der Waals surface area contributed by atoms with Gasteiger partial charge in [0.2, 0.25) is 0 Å². The van der Waals surface area contributed by atoms with E-state index in [4.69, 9.17) is 9.47 Å². The molecule has 1 aromatic heterocycles. The van der Waals surface area contributed by atoms with Crippen molar-refractivity contribution in [3.63, 3.8) is 0 Å². The fraction of sp³-hybridized carbons (Fsp3) is 0.233. The number of ether oxygens (including phenoxy) is 2. The first-order chi connectivity index (χ1) is 18.8. The van der Waals surface area contributed by atoms with Gasteiger partial charge in [-0.05, 0) is 67.4 Å². The van der Waals surface area contributed by atoms with Crippen LogP contribution in [0.25, 0.3) is 10.9 Å². The van der Waals surface area contributed by atoms with E-state index in [1.54, 1.807) is 52.9 Å². The van der Waals surface area contributed by atoms with E-state index in [2.05, 4.69) is 31.9 Å². The minimum atomic E-state index is -0.479. The molecule has 0 radical (unpaired) electrons. The molecule has 0 aliphatic heterocycles. The van der Waals surface area contributed by atoms with Crippen LogP contribution in [-0.4, -0.2) is 48.2 Å². The molecule has 200 valence electrons. The van der Waals surface area contributed by atoms with E-state index in [1.165, 1.54) is 7.11 Å². The molecular weight excluding hydrogens is 628 g/mol. The molecule has 5 rings (SSSR count). The number of hydrogen-bond donors (Lipinski definition) is 0. The fourth-order valence-electron chi connectivity index (χ4n) is 5.37. The number of esters is 1.